The van der Waals surface area contributed by atoms with Gasteiger partial charge in [-0.1, -0.05) is 6.92 Å². The molecule has 0 fully saturated rings. The molecule has 1 unspecified atom stereocenters. The zero-order valence-corrected chi connectivity index (χ0v) is 11.7. The van der Waals surface area contributed by atoms with Gasteiger partial charge in [0, 0.05) is 11.5 Å². The molecule has 3 rings (SSSR count). The summed E-state index contributed by atoms with van der Waals surface area (Å²) in [4.78, 5) is 17.4. The number of phenols is 1. The van der Waals surface area contributed by atoms with Gasteiger partial charge in [0.15, 0.2) is 5.78 Å². The standard InChI is InChI=1S/C15H12N2O2S/c1-8-2-4-11-14(13(8)19)20-15(17-11)9-3-5-12(18)10(6-9)7-16/h3,5-6,8,18H,2,4H2,1H3. The van der Waals surface area contributed by atoms with Gasteiger partial charge < -0.3 is 5.11 Å². The molecule has 2 aromatic rings. The molecule has 1 N–H and O–H groups in total. The van der Waals surface area contributed by atoms with Crippen LogP contribution in [0.1, 0.15) is 34.3 Å². The van der Waals surface area contributed by atoms with E-state index in [1.54, 1.807) is 12.1 Å². The summed E-state index contributed by atoms with van der Waals surface area (Å²) in [5.41, 5.74) is 1.84. The number of Topliss-reactive ketones (excluding diaryl/α,β-unsaturated/α-hetero) is 1. The minimum atomic E-state index is -0.0396. The lowest BCUT2D eigenvalue weighted by Crippen LogP contribution is -2.18. The Labute approximate surface area is 120 Å². The third-order valence-electron chi connectivity index (χ3n) is 3.55. The second kappa shape index (κ2) is 4.73. The Hall–Kier alpha value is -2.19. The Morgan fingerprint density at radius 1 is 1.50 bits per heavy atom. The molecular weight excluding hydrogens is 272 g/mol. The predicted molar refractivity (Wildman–Crippen MR) is 75.7 cm³/mol. The molecule has 0 saturated carbocycles. The van der Waals surface area contributed by atoms with Gasteiger partial charge in [0.1, 0.15) is 16.8 Å². The van der Waals surface area contributed by atoms with E-state index in [1.165, 1.54) is 17.4 Å². The van der Waals surface area contributed by atoms with Crippen LogP contribution in [0, 0.1) is 17.2 Å². The van der Waals surface area contributed by atoms with E-state index in [0.717, 1.165) is 34.0 Å². The number of thiazole rings is 1. The van der Waals surface area contributed by atoms with Crippen molar-refractivity contribution < 1.29 is 9.90 Å². The summed E-state index contributed by atoms with van der Waals surface area (Å²) in [5.74, 6) is 0.182. The van der Waals surface area contributed by atoms with Crippen LogP contribution >= 0.6 is 11.3 Å². The molecule has 1 aliphatic rings. The molecule has 5 heteroatoms. The van der Waals surface area contributed by atoms with Crippen molar-refractivity contribution in [3.63, 3.8) is 0 Å². The van der Waals surface area contributed by atoms with Crippen LogP contribution in [-0.4, -0.2) is 15.9 Å². The van der Waals surface area contributed by atoms with Crippen LogP contribution in [0.3, 0.4) is 0 Å². The average Bonchev–Trinajstić information content (AvgIpc) is 2.88. The van der Waals surface area contributed by atoms with Gasteiger partial charge in [0.2, 0.25) is 0 Å². The Morgan fingerprint density at radius 3 is 3.05 bits per heavy atom. The number of aromatic hydroxyl groups is 1. The second-order valence-corrected chi connectivity index (χ2v) is 5.94. The van der Waals surface area contributed by atoms with Crippen LogP contribution in [0.4, 0.5) is 0 Å². The van der Waals surface area contributed by atoms with Crippen LogP contribution in [0.15, 0.2) is 18.2 Å². The summed E-state index contributed by atoms with van der Waals surface area (Å²) in [6, 6.07) is 6.75. The molecule has 0 amide bonds. The minimum Gasteiger partial charge on any atom is -0.507 e. The number of ketones is 1. The molecule has 0 radical (unpaired) electrons. The zero-order valence-electron chi connectivity index (χ0n) is 10.9. The first-order valence-corrected chi connectivity index (χ1v) is 7.19. The number of phenolic OH excluding ortho intramolecular Hbond substituents is 1. The van der Waals surface area contributed by atoms with Gasteiger partial charge in [0.05, 0.1) is 16.1 Å². The smallest absolute Gasteiger partial charge is 0.177 e. The van der Waals surface area contributed by atoms with Gasteiger partial charge in [-0.3, -0.25) is 4.79 Å². The number of carbonyl (C=O) groups excluding carboxylic acids is 1. The summed E-state index contributed by atoms with van der Waals surface area (Å²) in [6.45, 7) is 1.94. The molecule has 1 aliphatic carbocycles. The van der Waals surface area contributed by atoms with E-state index in [9.17, 15) is 9.90 Å². The SMILES string of the molecule is CC1CCc2nc(-c3ccc(O)c(C#N)c3)sc2C1=O. The maximum absolute atomic E-state index is 12.1. The van der Waals surface area contributed by atoms with Crippen LogP contribution < -0.4 is 0 Å². The molecule has 1 atom stereocenters. The van der Waals surface area contributed by atoms with Crippen molar-refractivity contribution in [2.45, 2.75) is 19.8 Å². The quantitative estimate of drug-likeness (QED) is 0.873. The van der Waals surface area contributed by atoms with Crippen molar-refractivity contribution in [2.75, 3.05) is 0 Å². The minimum absolute atomic E-state index is 0.0396. The van der Waals surface area contributed by atoms with Gasteiger partial charge in [-0.2, -0.15) is 5.26 Å². The molecule has 0 aliphatic heterocycles. The highest BCUT2D eigenvalue weighted by Gasteiger charge is 2.28. The molecule has 0 saturated heterocycles. The third-order valence-corrected chi connectivity index (χ3v) is 4.71. The number of nitrogens with zero attached hydrogens (tertiary/aromatic N) is 2. The van der Waals surface area contributed by atoms with Crippen molar-refractivity contribution >= 4 is 17.1 Å². The van der Waals surface area contributed by atoms with Crippen molar-refractivity contribution in [1.82, 2.24) is 4.98 Å². The van der Waals surface area contributed by atoms with Gasteiger partial charge in [-0.25, -0.2) is 4.98 Å². The lowest BCUT2D eigenvalue weighted by Gasteiger charge is -2.14. The van der Waals surface area contributed by atoms with E-state index in [4.69, 9.17) is 5.26 Å². The van der Waals surface area contributed by atoms with E-state index in [0.29, 0.717) is 0 Å². The van der Waals surface area contributed by atoms with Crippen LogP contribution in [0.5, 0.6) is 5.75 Å². The van der Waals surface area contributed by atoms with Gasteiger partial charge in [-0.15, -0.1) is 11.3 Å². The summed E-state index contributed by atoms with van der Waals surface area (Å²) in [5, 5.41) is 19.2. The fourth-order valence-corrected chi connectivity index (χ4v) is 3.47. The monoisotopic (exact) mass is 284 g/mol. The second-order valence-electron chi connectivity index (χ2n) is 4.94. The molecular formula is C15H12N2O2S. The first-order valence-electron chi connectivity index (χ1n) is 6.37. The molecule has 0 bridgehead atoms. The van der Waals surface area contributed by atoms with Gasteiger partial charge in [-0.05, 0) is 31.0 Å². The van der Waals surface area contributed by atoms with Crippen molar-refractivity contribution in [2.24, 2.45) is 5.92 Å². The number of fused-ring (bicyclic) bond motifs is 1. The van der Waals surface area contributed by atoms with Crippen molar-refractivity contribution in [3.05, 3.63) is 34.3 Å². The topological polar surface area (TPSA) is 74.0 Å². The average molecular weight is 284 g/mol. The fourth-order valence-electron chi connectivity index (χ4n) is 2.30. The number of benzene rings is 1. The van der Waals surface area contributed by atoms with Crippen LogP contribution in [0.2, 0.25) is 0 Å². The van der Waals surface area contributed by atoms with E-state index < -0.39 is 0 Å². The van der Waals surface area contributed by atoms with Crippen LogP contribution in [-0.2, 0) is 6.42 Å². The number of carbonyl (C=O) groups is 1. The summed E-state index contributed by atoms with van der Waals surface area (Å²) in [7, 11) is 0. The number of aryl methyl sites for hydroxylation is 1. The maximum atomic E-state index is 12.1. The molecule has 1 heterocycles. The molecule has 0 spiro atoms. The highest BCUT2D eigenvalue weighted by Crippen LogP contribution is 2.35. The summed E-state index contributed by atoms with van der Waals surface area (Å²) < 4.78 is 0. The van der Waals surface area contributed by atoms with Crippen LogP contribution in [0.25, 0.3) is 10.6 Å². The largest absolute Gasteiger partial charge is 0.507 e. The number of aromatic nitrogens is 1. The Morgan fingerprint density at radius 2 is 2.30 bits per heavy atom. The summed E-state index contributed by atoms with van der Waals surface area (Å²) in [6.07, 6.45) is 1.66. The normalized spacial score (nSPS) is 17.6. The first-order chi connectivity index (χ1) is 9.60. The van der Waals surface area contributed by atoms with Gasteiger partial charge in [0.25, 0.3) is 0 Å². The van der Waals surface area contributed by atoms with Gasteiger partial charge >= 0.3 is 0 Å². The molecule has 4 nitrogen and oxygen atoms in total. The predicted octanol–water partition coefficient (Wildman–Crippen LogP) is 3.15. The molecule has 100 valence electrons. The molecule has 1 aromatic carbocycles. The zero-order chi connectivity index (χ0) is 14.3. The maximum Gasteiger partial charge on any atom is 0.177 e. The molecule has 1 aromatic heterocycles. The number of nitriles is 1. The lowest BCUT2D eigenvalue weighted by atomic mass is 9.92. The van der Waals surface area contributed by atoms with E-state index in [2.05, 4.69) is 4.98 Å². The lowest BCUT2D eigenvalue weighted by molar-refractivity contribution is 0.0917. The fraction of sp³-hybridized carbons (Fsp3) is 0.267. The van der Waals surface area contributed by atoms with Crippen molar-refractivity contribution in [1.29, 1.82) is 5.26 Å². The Kier molecular flexibility index (Phi) is 3.03. The van der Waals surface area contributed by atoms with E-state index >= 15 is 0 Å². The highest BCUT2D eigenvalue weighted by atomic mass is 32.1. The number of rotatable bonds is 1. The number of hydrogen-bond donors (Lipinski definition) is 1. The van der Waals surface area contributed by atoms with Crippen molar-refractivity contribution in [3.8, 4) is 22.4 Å². The Balaban J connectivity index is 2.07. The third kappa shape index (κ3) is 1.98. The van der Waals surface area contributed by atoms with E-state index in [-0.39, 0.29) is 23.0 Å². The highest BCUT2D eigenvalue weighted by molar-refractivity contribution is 7.17. The number of hydrogen-bond acceptors (Lipinski definition) is 5. The first kappa shape index (κ1) is 12.8. The summed E-state index contributed by atoms with van der Waals surface area (Å²) >= 11 is 1.37. The Bertz CT molecular complexity index is 743. The van der Waals surface area contributed by atoms with E-state index in [1.807, 2.05) is 13.0 Å². The molecule has 20 heavy (non-hydrogen) atoms.